The Morgan fingerprint density at radius 2 is 1.87 bits per heavy atom. The first kappa shape index (κ1) is 21.8. The maximum absolute atomic E-state index is 12.4. The fourth-order valence-corrected chi connectivity index (χ4v) is 4.65. The van der Waals surface area contributed by atoms with Crippen molar-refractivity contribution >= 4 is 11.6 Å². The van der Waals surface area contributed by atoms with E-state index in [0.717, 1.165) is 44.1 Å². The topological polar surface area (TPSA) is 74.5 Å². The Bertz CT molecular complexity index is 827. The zero-order valence-electron chi connectivity index (χ0n) is 18.7. The van der Waals surface area contributed by atoms with Crippen LogP contribution >= 0.6 is 0 Å². The third-order valence-corrected chi connectivity index (χ3v) is 6.39. The smallest absolute Gasteiger partial charge is 0.316 e. The number of piperidine rings is 1. The number of aromatic nitrogens is 2. The molecule has 0 radical (unpaired) electrons. The van der Waals surface area contributed by atoms with Crippen LogP contribution in [0.3, 0.4) is 0 Å². The normalized spacial score (nSPS) is 20.4. The monoisotopic (exact) mass is 425 g/mol. The van der Waals surface area contributed by atoms with E-state index < -0.39 is 0 Å². The molecule has 4 rings (SSSR count). The first-order valence-electron chi connectivity index (χ1n) is 11.9. The number of anilines is 1. The van der Waals surface area contributed by atoms with Crippen LogP contribution < -0.4 is 10.2 Å². The summed E-state index contributed by atoms with van der Waals surface area (Å²) >= 11 is 0. The minimum Gasteiger partial charge on any atom is -0.372 e. The Morgan fingerprint density at radius 1 is 1.10 bits per heavy atom. The molecule has 1 N–H and O–H groups in total. The van der Waals surface area contributed by atoms with E-state index in [2.05, 4.69) is 44.3 Å². The fourth-order valence-electron chi connectivity index (χ4n) is 4.65. The van der Waals surface area contributed by atoms with Crippen LogP contribution in [0.5, 0.6) is 0 Å². The summed E-state index contributed by atoms with van der Waals surface area (Å²) in [5.41, 5.74) is 2.09. The number of likely N-dealkylation sites (tertiary alicyclic amines) is 1. The summed E-state index contributed by atoms with van der Waals surface area (Å²) in [6.45, 7) is 8.50. The van der Waals surface area contributed by atoms with Crippen molar-refractivity contribution in [3.8, 4) is 11.4 Å². The molecule has 1 aromatic heterocycles. The summed E-state index contributed by atoms with van der Waals surface area (Å²) in [7, 11) is 0. The molecule has 7 nitrogen and oxygen atoms in total. The highest BCUT2D eigenvalue weighted by Gasteiger charge is 2.18. The minimum atomic E-state index is -0.299. The Balaban J connectivity index is 1.25. The summed E-state index contributed by atoms with van der Waals surface area (Å²) in [6, 6.07) is 8.23. The molecule has 2 fully saturated rings. The molecule has 168 valence electrons. The number of carbonyl (C=O) groups is 1. The Morgan fingerprint density at radius 3 is 2.61 bits per heavy atom. The van der Waals surface area contributed by atoms with Crippen LogP contribution in [-0.2, 0) is 0 Å². The summed E-state index contributed by atoms with van der Waals surface area (Å²) < 4.78 is 5.21. The number of nitrogens with zero attached hydrogens (tertiary/aromatic N) is 4. The molecular weight excluding hydrogens is 390 g/mol. The first-order chi connectivity index (χ1) is 15.2. The number of benzene rings is 1. The van der Waals surface area contributed by atoms with Crippen molar-refractivity contribution < 1.29 is 9.32 Å². The maximum Gasteiger partial charge on any atom is 0.316 e. The molecule has 2 aliphatic rings. The van der Waals surface area contributed by atoms with Crippen LogP contribution in [0.4, 0.5) is 5.69 Å². The Kier molecular flexibility index (Phi) is 7.57. The van der Waals surface area contributed by atoms with Crippen LogP contribution in [-0.4, -0.2) is 60.2 Å². The predicted molar refractivity (Wildman–Crippen MR) is 122 cm³/mol. The van der Waals surface area contributed by atoms with E-state index in [-0.39, 0.29) is 11.8 Å². The van der Waals surface area contributed by atoms with Crippen molar-refractivity contribution in [2.75, 3.05) is 44.2 Å². The van der Waals surface area contributed by atoms with Crippen molar-refractivity contribution in [1.29, 1.82) is 0 Å². The number of nitrogens with one attached hydrogen (secondary N) is 1. The molecule has 0 aliphatic carbocycles. The Hall–Kier alpha value is -2.41. The number of hydrogen-bond donors (Lipinski definition) is 1. The minimum absolute atomic E-state index is 0.0261. The van der Waals surface area contributed by atoms with Gasteiger partial charge in [0.05, 0.1) is 0 Å². The standard InChI is InChI=1S/C24H35N5O2/c1-19-8-6-14-28(18-19)15-7-13-25-23(30)24-26-22(27-31-24)20-9-11-21(12-10-20)29-16-4-2-3-5-17-29/h9-12,19H,2-8,13-18H2,1H3,(H,25,30)/t19-/m0/s1. The van der Waals surface area contributed by atoms with E-state index in [4.69, 9.17) is 4.52 Å². The van der Waals surface area contributed by atoms with Crippen molar-refractivity contribution in [3.63, 3.8) is 0 Å². The van der Waals surface area contributed by atoms with Crippen LogP contribution in [0.15, 0.2) is 28.8 Å². The number of amides is 1. The summed E-state index contributed by atoms with van der Waals surface area (Å²) in [5.74, 6) is 0.957. The van der Waals surface area contributed by atoms with Gasteiger partial charge in [-0.2, -0.15) is 4.98 Å². The molecule has 0 saturated carbocycles. The molecule has 0 bridgehead atoms. The highest BCUT2D eigenvalue weighted by atomic mass is 16.5. The summed E-state index contributed by atoms with van der Waals surface area (Å²) in [6.07, 6.45) is 8.67. The van der Waals surface area contributed by atoms with Gasteiger partial charge in [-0.1, -0.05) is 24.9 Å². The zero-order chi connectivity index (χ0) is 21.5. The quantitative estimate of drug-likeness (QED) is 0.677. The van der Waals surface area contributed by atoms with Crippen molar-refractivity contribution in [1.82, 2.24) is 20.4 Å². The molecule has 2 aromatic rings. The van der Waals surface area contributed by atoms with Gasteiger partial charge in [0, 0.05) is 37.4 Å². The molecule has 1 amide bonds. The van der Waals surface area contributed by atoms with Gasteiger partial charge in [-0.15, -0.1) is 0 Å². The van der Waals surface area contributed by atoms with Gasteiger partial charge in [0.2, 0.25) is 5.82 Å². The average Bonchev–Trinajstić information content (AvgIpc) is 3.13. The van der Waals surface area contributed by atoms with Gasteiger partial charge >= 0.3 is 11.8 Å². The van der Waals surface area contributed by atoms with Gasteiger partial charge < -0.3 is 19.6 Å². The molecule has 7 heteroatoms. The average molecular weight is 426 g/mol. The molecule has 3 heterocycles. The SMILES string of the molecule is C[C@H]1CCCN(CCCNC(=O)c2nc(-c3ccc(N4CCCCCC4)cc3)no2)C1. The predicted octanol–water partition coefficient (Wildman–Crippen LogP) is 3.97. The van der Waals surface area contributed by atoms with Gasteiger partial charge in [-0.25, -0.2) is 0 Å². The molecule has 1 atom stereocenters. The second-order valence-electron chi connectivity index (χ2n) is 9.03. The van der Waals surface area contributed by atoms with E-state index in [1.807, 2.05) is 12.1 Å². The van der Waals surface area contributed by atoms with E-state index in [9.17, 15) is 4.79 Å². The third-order valence-electron chi connectivity index (χ3n) is 6.39. The van der Waals surface area contributed by atoms with Gasteiger partial charge in [0.25, 0.3) is 0 Å². The Labute approximate surface area is 185 Å². The van der Waals surface area contributed by atoms with Crippen LogP contribution in [0.2, 0.25) is 0 Å². The number of hydrogen-bond acceptors (Lipinski definition) is 6. The van der Waals surface area contributed by atoms with Crippen molar-refractivity contribution in [2.24, 2.45) is 5.92 Å². The van der Waals surface area contributed by atoms with E-state index >= 15 is 0 Å². The lowest BCUT2D eigenvalue weighted by Crippen LogP contribution is -2.36. The largest absolute Gasteiger partial charge is 0.372 e. The number of rotatable bonds is 7. The number of carbonyl (C=O) groups excluding carboxylic acids is 1. The highest BCUT2D eigenvalue weighted by Crippen LogP contribution is 2.23. The van der Waals surface area contributed by atoms with Crippen LogP contribution in [0, 0.1) is 5.92 Å². The van der Waals surface area contributed by atoms with Crippen LogP contribution in [0.25, 0.3) is 11.4 Å². The molecule has 31 heavy (non-hydrogen) atoms. The van der Waals surface area contributed by atoms with E-state index in [1.165, 1.54) is 50.8 Å². The van der Waals surface area contributed by atoms with Crippen molar-refractivity contribution in [2.45, 2.75) is 51.9 Å². The lowest BCUT2D eigenvalue weighted by molar-refractivity contribution is 0.0906. The zero-order valence-corrected chi connectivity index (χ0v) is 18.7. The molecular formula is C24H35N5O2. The van der Waals surface area contributed by atoms with Crippen LogP contribution in [0.1, 0.15) is 62.6 Å². The molecule has 2 saturated heterocycles. The lowest BCUT2D eigenvalue weighted by Gasteiger charge is -2.30. The van der Waals surface area contributed by atoms with E-state index in [0.29, 0.717) is 12.4 Å². The third kappa shape index (κ3) is 6.06. The van der Waals surface area contributed by atoms with Gasteiger partial charge in [0.15, 0.2) is 0 Å². The molecule has 0 spiro atoms. The molecule has 2 aliphatic heterocycles. The van der Waals surface area contributed by atoms with E-state index in [1.54, 1.807) is 0 Å². The highest BCUT2D eigenvalue weighted by molar-refractivity contribution is 5.89. The fraction of sp³-hybridized carbons (Fsp3) is 0.625. The lowest BCUT2D eigenvalue weighted by atomic mass is 10.0. The van der Waals surface area contributed by atoms with Crippen molar-refractivity contribution in [3.05, 3.63) is 30.2 Å². The second kappa shape index (κ2) is 10.8. The second-order valence-corrected chi connectivity index (χ2v) is 9.03. The van der Waals surface area contributed by atoms with Gasteiger partial charge in [-0.3, -0.25) is 4.79 Å². The summed E-state index contributed by atoms with van der Waals surface area (Å²) in [5, 5.41) is 6.91. The molecule has 0 unspecified atom stereocenters. The molecule has 1 aromatic carbocycles. The summed E-state index contributed by atoms with van der Waals surface area (Å²) in [4.78, 5) is 21.6. The van der Waals surface area contributed by atoms with Gasteiger partial charge in [-0.05, 0) is 75.4 Å². The first-order valence-corrected chi connectivity index (χ1v) is 11.9. The maximum atomic E-state index is 12.4. The van der Waals surface area contributed by atoms with Gasteiger partial charge in [0.1, 0.15) is 0 Å².